The van der Waals surface area contributed by atoms with Crippen molar-refractivity contribution in [1.29, 1.82) is 0 Å². The molecule has 0 saturated carbocycles. The SMILES string of the molecule is CCN(CC)CC.Nc1ncnc2c1ncn2[C@@H]1O[C@H](COS(=O)(=O)NC(=O)c2ccccc2F)[C@@H](O)[C@H]1O. The zero-order chi connectivity index (χ0) is 28.7. The van der Waals surface area contributed by atoms with Gasteiger partial charge in [0.05, 0.1) is 18.5 Å². The number of aromatic nitrogens is 4. The fourth-order valence-electron chi connectivity index (χ4n) is 3.82. The number of hydrogen-bond donors (Lipinski definition) is 4. The number of carbonyl (C=O) groups is 1. The number of nitrogens with zero attached hydrogens (tertiary/aromatic N) is 5. The molecule has 5 N–H and O–H groups in total. The first kappa shape index (κ1) is 30.3. The molecule has 0 radical (unpaired) electrons. The van der Waals surface area contributed by atoms with Crippen molar-refractivity contribution in [2.24, 2.45) is 0 Å². The van der Waals surface area contributed by atoms with Gasteiger partial charge in [-0.2, -0.15) is 8.42 Å². The van der Waals surface area contributed by atoms with Crippen LogP contribution in [0.4, 0.5) is 10.2 Å². The fraction of sp³-hybridized carbons (Fsp3) is 0.478. The lowest BCUT2D eigenvalue weighted by molar-refractivity contribution is -0.0468. The predicted molar refractivity (Wildman–Crippen MR) is 138 cm³/mol. The minimum atomic E-state index is -4.68. The monoisotopic (exact) mass is 569 g/mol. The fourth-order valence-corrected chi connectivity index (χ4v) is 4.53. The van der Waals surface area contributed by atoms with E-state index in [-0.39, 0.29) is 17.0 Å². The topological polar surface area (TPSA) is 195 Å². The summed E-state index contributed by atoms with van der Waals surface area (Å²) < 4.78 is 50.9. The Morgan fingerprint density at radius 3 is 2.44 bits per heavy atom. The van der Waals surface area contributed by atoms with E-state index in [9.17, 15) is 27.8 Å². The first-order chi connectivity index (χ1) is 18.5. The molecule has 3 aromatic rings. The van der Waals surface area contributed by atoms with E-state index in [2.05, 4.69) is 44.8 Å². The Morgan fingerprint density at radius 1 is 1.15 bits per heavy atom. The van der Waals surface area contributed by atoms with E-state index in [4.69, 9.17) is 10.5 Å². The molecule has 0 aliphatic carbocycles. The zero-order valence-electron chi connectivity index (χ0n) is 21.6. The summed E-state index contributed by atoms with van der Waals surface area (Å²) >= 11 is 0. The number of fused-ring (bicyclic) bond motifs is 1. The molecule has 0 unspecified atom stereocenters. The lowest BCUT2D eigenvalue weighted by Crippen LogP contribution is -2.38. The predicted octanol–water partition coefficient (Wildman–Crippen LogP) is 0.206. The average Bonchev–Trinajstić information content (AvgIpc) is 3.46. The highest BCUT2D eigenvalue weighted by molar-refractivity contribution is 7.85. The van der Waals surface area contributed by atoms with Gasteiger partial charge in [0, 0.05) is 0 Å². The average molecular weight is 570 g/mol. The van der Waals surface area contributed by atoms with Crippen molar-refractivity contribution >= 4 is 33.2 Å². The van der Waals surface area contributed by atoms with Crippen LogP contribution < -0.4 is 10.5 Å². The van der Waals surface area contributed by atoms with Crippen molar-refractivity contribution in [2.45, 2.75) is 45.3 Å². The summed E-state index contributed by atoms with van der Waals surface area (Å²) in [5, 5.41) is 20.6. The second-order valence-electron chi connectivity index (χ2n) is 8.40. The molecular formula is C23H32FN7O7S. The van der Waals surface area contributed by atoms with Gasteiger partial charge < -0.3 is 25.6 Å². The molecule has 39 heavy (non-hydrogen) atoms. The molecule has 1 aliphatic heterocycles. The van der Waals surface area contributed by atoms with Crippen molar-refractivity contribution in [2.75, 3.05) is 32.0 Å². The highest BCUT2D eigenvalue weighted by Crippen LogP contribution is 2.32. The molecule has 2 aromatic heterocycles. The Bertz CT molecular complexity index is 1360. The Labute approximate surface area is 224 Å². The van der Waals surface area contributed by atoms with Gasteiger partial charge in [0.1, 0.15) is 36.0 Å². The third-order valence-electron chi connectivity index (χ3n) is 6.06. The molecule has 16 heteroatoms. The largest absolute Gasteiger partial charge is 0.387 e. The van der Waals surface area contributed by atoms with E-state index in [1.54, 1.807) is 4.72 Å². The van der Waals surface area contributed by atoms with Crippen LogP contribution in [0.25, 0.3) is 11.2 Å². The van der Waals surface area contributed by atoms with Gasteiger partial charge in [-0.3, -0.25) is 13.5 Å². The highest BCUT2D eigenvalue weighted by atomic mass is 32.2. The van der Waals surface area contributed by atoms with Crippen LogP contribution in [0.2, 0.25) is 0 Å². The van der Waals surface area contributed by atoms with Crippen LogP contribution in [0.15, 0.2) is 36.9 Å². The number of nitrogens with two attached hydrogens (primary N) is 1. The Balaban J connectivity index is 0.000000532. The van der Waals surface area contributed by atoms with Crippen LogP contribution >= 0.6 is 0 Å². The van der Waals surface area contributed by atoms with Crippen LogP contribution in [0.1, 0.15) is 37.4 Å². The number of nitrogens with one attached hydrogen (secondary N) is 1. The van der Waals surface area contributed by atoms with Gasteiger partial charge in [-0.15, -0.1) is 0 Å². The molecular weight excluding hydrogens is 537 g/mol. The van der Waals surface area contributed by atoms with Crippen molar-refractivity contribution in [3.63, 3.8) is 0 Å². The number of nitrogen functional groups attached to an aromatic ring is 1. The van der Waals surface area contributed by atoms with Gasteiger partial charge in [-0.25, -0.2) is 24.1 Å². The van der Waals surface area contributed by atoms with Crippen LogP contribution in [-0.2, 0) is 19.2 Å². The molecule has 1 amide bonds. The van der Waals surface area contributed by atoms with Crippen LogP contribution in [-0.4, -0.2) is 93.5 Å². The van der Waals surface area contributed by atoms with Crippen LogP contribution in [0, 0.1) is 5.82 Å². The van der Waals surface area contributed by atoms with E-state index in [1.165, 1.54) is 49.0 Å². The van der Waals surface area contributed by atoms with Gasteiger partial charge in [0.25, 0.3) is 5.91 Å². The quantitative estimate of drug-likeness (QED) is 0.274. The number of aliphatic hydroxyl groups is 2. The first-order valence-electron chi connectivity index (χ1n) is 12.2. The Kier molecular flexibility index (Phi) is 10.2. The number of amides is 1. The molecule has 214 valence electrons. The van der Waals surface area contributed by atoms with Crippen LogP contribution in [0.3, 0.4) is 0 Å². The maximum atomic E-state index is 13.7. The lowest BCUT2D eigenvalue weighted by Gasteiger charge is -2.16. The van der Waals surface area contributed by atoms with Crippen molar-refractivity contribution in [3.8, 4) is 0 Å². The van der Waals surface area contributed by atoms with E-state index < -0.39 is 58.7 Å². The van der Waals surface area contributed by atoms with Gasteiger partial charge >= 0.3 is 10.3 Å². The Hall–Kier alpha value is -3.28. The van der Waals surface area contributed by atoms with Gasteiger partial charge in [0.2, 0.25) is 0 Å². The van der Waals surface area contributed by atoms with Gasteiger partial charge in [-0.05, 0) is 31.8 Å². The summed E-state index contributed by atoms with van der Waals surface area (Å²) in [5.41, 5.74) is 5.69. The molecule has 1 saturated heterocycles. The minimum Gasteiger partial charge on any atom is -0.387 e. The maximum Gasteiger partial charge on any atom is 0.362 e. The third-order valence-corrected chi connectivity index (χ3v) is 6.95. The number of ether oxygens (including phenoxy) is 1. The summed E-state index contributed by atoms with van der Waals surface area (Å²) in [6.07, 6.45) is -3.08. The number of anilines is 1. The zero-order valence-corrected chi connectivity index (χ0v) is 22.5. The standard InChI is InChI=1S/C17H17FN6O7S.C6H15N/c18-9-4-2-1-3-8(9)16(27)23-32(28,29)30-5-10-12(25)13(26)17(31-10)24-7-22-11-14(19)20-6-21-15(11)24;1-4-7(5-2)6-3/h1-4,6-7,10,12-13,17,25-26H,5H2,(H,23,27)(H2,19,20,21);4-6H2,1-3H3/t10-,12-,13-,17-;/m1./s1. The molecule has 14 nitrogen and oxygen atoms in total. The maximum absolute atomic E-state index is 13.7. The molecule has 0 spiro atoms. The van der Waals surface area contributed by atoms with Crippen molar-refractivity contribution < 1.29 is 36.7 Å². The van der Waals surface area contributed by atoms with E-state index in [0.717, 1.165) is 12.1 Å². The van der Waals surface area contributed by atoms with E-state index in [0.29, 0.717) is 0 Å². The summed E-state index contributed by atoms with van der Waals surface area (Å²) in [4.78, 5) is 26.2. The molecule has 1 aliphatic rings. The second-order valence-corrected chi connectivity index (χ2v) is 9.75. The highest BCUT2D eigenvalue weighted by Gasteiger charge is 2.45. The second kappa shape index (κ2) is 13.2. The lowest BCUT2D eigenvalue weighted by atomic mass is 10.1. The van der Waals surface area contributed by atoms with Gasteiger partial charge in [0.15, 0.2) is 17.7 Å². The Morgan fingerprint density at radius 2 is 1.82 bits per heavy atom. The molecule has 4 rings (SSSR count). The summed E-state index contributed by atoms with van der Waals surface area (Å²) in [6, 6.07) is 4.78. The van der Waals surface area contributed by atoms with Crippen molar-refractivity contribution in [1.82, 2.24) is 29.1 Å². The molecule has 0 bridgehead atoms. The number of rotatable bonds is 9. The molecule has 4 atom stereocenters. The molecule has 1 aromatic carbocycles. The third kappa shape index (κ3) is 7.23. The number of aliphatic hydroxyl groups excluding tert-OH is 2. The number of imidazole rings is 1. The first-order valence-corrected chi connectivity index (χ1v) is 13.6. The normalized spacial score (nSPS) is 21.1. The number of hydrogen-bond acceptors (Lipinski definition) is 12. The van der Waals surface area contributed by atoms with E-state index >= 15 is 0 Å². The van der Waals surface area contributed by atoms with Crippen LogP contribution in [0.5, 0.6) is 0 Å². The molecule has 3 heterocycles. The summed E-state index contributed by atoms with van der Waals surface area (Å²) in [6.45, 7) is 9.37. The number of halogens is 1. The summed E-state index contributed by atoms with van der Waals surface area (Å²) in [7, 11) is -4.68. The van der Waals surface area contributed by atoms with Gasteiger partial charge in [-0.1, -0.05) is 32.9 Å². The minimum absolute atomic E-state index is 0.0957. The smallest absolute Gasteiger partial charge is 0.362 e. The summed E-state index contributed by atoms with van der Waals surface area (Å²) in [5.74, 6) is -2.06. The number of carbonyl (C=O) groups excluding carboxylic acids is 1. The van der Waals surface area contributed by atoms with Crippen molar-refractivity contribution in [3.05, 3.63) is 48.3 Å². The number of benzene rings is 1. The van der Waals surface area contributed by atoms with E-state index in [1.807, 2.05) is 0 Å². The molecule has 1 fully saturated rings.